The molecule has 7 heteroatoms. The summed E-state index contributed by atoms with van der Waals surface area (Å²) in [6.45, 7) is 0.222. The summed E-state index contributed by atoms with van der Waals surface area (Å²) in [6, 6.07) is 7.95. The number of nitrogens with one attached hydrogen (secondary N) is 2. The molecule has 0 spiro atoms. The SMILES string of the molecule is CS(=O)(=O)c1ccc(CNC(=O)c2cc3c([nH]c2=O)CCC3)cc1. The van der Waals surface area contributed by atoms with Gasteiger partial charge >= 0.3 is 0 Å². The Morgan fingerprint density at radius 2 is 1.92 bits per heavy atom. The highest BCUT2D eigenvalue weighted by molar-refractivity contribution is 7.90. The third kappa shape index (κ3) is 3.41. The smallest absolute Gasteiger partial charge is 0.261 e. The summed E-state index contributed by atoms with van der Waals surface area (Å²) in [4.78, 5) is 27.2. The first kappa shape index (κ1) is 16.4. The zero-order valence-electron chi connectivity index (χ0n) is 13.3. The molecule has 0 aliphatic heterocycles. The number of benzene rings is 1. The number of hydrogen-bond acceptors (Lipinski definition) is 4. The van der Waals surface area contributed by atoms with Crippen molar-refractivity contribution in [3.05, 3.63) is 63.1 Å². The Balaban J connectivity index is 1.71. The number of pyridine rings is 1. The predicted molar refractivity (Wildman–Crippen MR) is 89.8 cm³/mol. The molecule has 1 aliphatic carbocycles. The van der Waals surface area contributed by atoms with E-state index in [1.165, 1.54) is 12.1 Å². The van der Waals surface area contributed by atoms with Crippen LogP contribution in [-0.4, -0.2) is 25.6 Å². The van der Waals surface area contributed by atoms with Gasteiger partial charge in [0.25, 0.3) is 11.5 Å². The number of fused-ring (bicyclic) bond motifs is 1. The van der Waals surface area contributed by atoms with Gasteiger partial charge in [0.15, 0.2) is 9.84 Å². The van der Waals surface area contributed by atoms with Crippen LogP contribution < -0.4 is 10.9 Å². The second-order valence-electron chi connectivity index (χ2n) is 5.97. The molecule has 24 heavy (non-hydrogen) atoms. The average Bonchev–Trinajstić information content (AvgIpc) is 2.98. The van der Waals surface area contributed by atoms with Crippen LogP contribution in [0, 0.1) is 0 Å². The molecule has 2 aromatic rings. The third-order valence-corrected chi connectivity index (χ3v) is 5.27. The van der Waals surface area contributed by atoms with Gasteiger partial charge < -0.3 is 10.3 Å². The Morgan fingerprint density at radius 3 is 2.58 bits per heavy atom. The standard InChI is InChI=1S/C17H18N2O4S/c1-24(22,23)13-7-5-11(6-8-13)10-18-16(20)14-9-12-3-2-4-15(12)19-17(14)21/h5-9H,2-4,10H2,1H3,(H,18,20)(H,19,21). The lowest BCUT2D eigenvalue weighted by Gasteiger charge is -2.07. The molecule has 0 fully saturated rings. The van der Waals surface area contributed by atoms with Crippen LogP contribution in [0.15, 0.2) is 40.0 Å². The Labute approximate surface area is 139 Å². The van der Waals surface area contributed by atoms with Crippen molar-refractivity contribution < 1.29 is 13.2 Å². The van der Waals surface area contributed by atoms with Crippen molar-refractivity contribution in [3.63, 3.8) is 0 Å². The fourth-order valence-electron chi connectivity index (χ4n) is 2.81. The van der Waals surface area contributed by atoms with Crippen molar-refractivity contribution in [2.75, 3.05) is 6.26 Å². The molecule has 6 nitrogen and oxygen atoms in total. The van der Waals surface area contributed by atoms with Gasteiger partial charge in [0, 0.05) is 18.5 Å². The molecule has 0 radical (unpaired) electrons. The van der Waals surface area contributed by atoms with Gasteiger partial charge in [-0.25, -0.2) is 8.42 Å². The van der Waals surface area contributed by atoms with Gasteiger partial charge in [0.1, 0.15) is 5.56 Å². The minimum Gasteiger partial charge on any atom is -0.348 e. The number of carbonyl (C=O) groups excluding carboxylic acids is 1. The van der Waals surface area contributed by atoms with E-state index in [1.807, 2.05) is 0 Å². The molecule has 1 heterocycles. The van der Waals surface area contributed by atoms with Crippen molar-refractivity contribution in [2.24, 2.45) is 0 Å². The fourth-order valence-corrected chi connectivity index (χ4v) is 3.44. The van der Waals surface area contributed by atoms with E-state index in [2.05, 4.69) is 10.3 Å². The zero-order valence-corrected chi connectivity index (χ0v) is 14.1. The Hall–Kier alpha value is -2.41. The first-order chi connectivity index (χ1) is 11.3. The molecule has 1 aromatic carbocycles. The maximum atomic E-state index is 12.2. The number of sulfone groups is 1. The number of aromatic amines is 1. The largest absolute Gasteiger partial charge is 0.348 e. The Kier molecular flexibility index (Phi) is 4.28. The number of hydrogen-bond donors (Lipinski definition) is 2. The minimum absolute atomic E-state index is 0.114. The van der Waals surface area contributed by atoms with Crippen molar-refractivity contribution in [1.82, 2.24) is 10.3 Å². The van der Waals surface area contributed by atoms with Crippen LogP contribution in [0.25, 0.3) is 0 Å². The summed E-state index contributed by atoms with van der Waals surface area (Å²) >= 11 is 0. The van der Waals surface area contributed by atoms with E-state index in [-0.39, 0.29) is 22.6 Å². The molecule has 1 amide bonds. The van der Waals surface area contributed by atoms with E-state index in [0.717, 1.165) is 42.3 Å². The summed E-state index contributed by atoms with van der Waals surface area (Å²) in [5, 5.41) is 2.70. The highest BCUT2D eigenvalue weighted by atomic mass is 32.2. The Bertz CT molecular complexity index is 944. The third-order valence-electron chi connectivity index (χ3n) is 4.14. The summed E-state index contributed by atoms with van der Waals surface area (Å²) in [7, 11) is -3.24. The van der Waals surface area contributed by atoms with E-state index in [0.29, 0.717) is 0 Å². The van der Waals surface area contributed by atoms with E-state index in [4.69, 9.17) is 0 Å². The molecule has 0 bridgehead atoms. The van der Waals surface area contributed by atoms with Crippen molar-refractivity contribution in [2.45, 2.75) is 30.7 Å². The van der Waals surface area contributed by atoms with Crippen LogP contribution >= 0.6 is 0 Å². The molecule has 0 unspecified atom stereocenters. The second kappa shape index (κ2) is 6.24. The van der Waals surface area contributed by atoms with E-state index in [1.54, 1.807) is 18.2 Å². The molecule has 0 saturated heterocycles. The fraction of sp³-hybridized carbons (Fsp3) is 0.294. The zero-order chi connectivity index (χ0) is 17.3. The lowest BCUT2D eigenvalue weighted by Crippen LogP contribution is -2.29. The number of aryl methyl sites for hydroxylation is 2. The summed E-state index contributed by atoms with van der Waals surface area (Å²) in [5.74, 6) is -0.432. The lowest BCUT2D eigenvalue weighted by molar-refractivity contribution is 0.0949. The van der Waals surface area contributed by atoms with Crippen LogP contribution in [0.3, 0.4) is 0 Å². The average molecular weight is 346 g/mol. The second-order valence-corrected chi connectivity index (χ2v) is 7.98. The Morgan fingerprint density at radius 1 is 1.21 bits per heavy atom. The molecule has 3 rings (SSSR count). The number of carbonyl (C=O) groups is 1. The monoisotopic (exact) mass is 346 g/mol. The van der Waals surface area contributed by atoms with Gasteiger partial charge in [-0.05, 0) is 48.6 Å². The van der Waals surface area contributed by atoms with Gasteiger partial charge in [0.05, 0.1) is 4.90 Å². The number of rotatable bonds is 4. The lowest BCUT2D eigenvalue weighted by atomic mass is 10.1. The predicted octanol–water partition coefficient (Wildman–Crippen LogP) is 1.20. The van der Waals surface area contributed by atoms with Gasteiger partial charge in [-0.3, -0.25) is 9.59 Å². The van der Waals surface area contributed by atoms with Crippen molar-refractivity contribution in [1.29, 1.82) is 0 Å². The summed E-state index contributed by atoms with van der Waals surface area (Å²) in [5.41, 5.74) is 2.45. The van der Waals surface area contributed by atoms with Gasteiger partial charge in [0.2, 0.25) is 0 Å². The van der Waals surface area contributed by atoms with Crippen LogP contribution in [-0.2, 0) is 29.2 Å². The molecule has 1 aromatic heterocycles. The number of amides is 1. The minimum atomic E-state index is -3.24. The van der Waals surface area contributed by atoms with Crippen LogP contribution in [0.4, 0.5) is 0 Å². The molecule has 2 N–H and O–H groups in total. The highest BCUT2D eigenvalue weighted by Crippen LogP contribution is 2.18. The molecule has 1 aliphatic rings. The number of H-pyrrole nitrogens is 1. The molecule has 126 valence electrons. The van der Waals surface area contributed by atoms with Crippen LogP contribution in [0.5, 0.6) is 0 Å². The normalized spacial score (nSPS) is 13.5. The topological polar surface area (TPSA) is 96.1 Å². The van der Waals surface area contributed by atoms with Gasteiger partial charge in [-0.15, -0.1) is 0 Å². The first-order valence-electron chi connectivity index (χ1n) is 7.67. The first-order valence-corrected chi connectivity index (χ1v) is 9.56. The number of aromatic nitrogens is 1. The quantitative estimate of drug-likeness (QED) is 0.869. The van der Waals surface area contributed by atoms with Crippen LogP contribution in [0.2, 0.25) is 0 Å². The van der Waals surface area contributed by atoms with Gasteiger partial charge in [-0.2, -0.15) is 0 Å². The maximum Gasteiger partial charge on any atom is 0.261 e. The van der Waals surface area contributed by atoms with Crippen molar-refractivity contribution in [3.8, 4) is 0 Å². The van der Waals surface area contributed by atoms with Crippen LogP contribution in [0.1, 0.15) is 33.6 Å². The van der Waals surface area contributed by atoms with E-state index >= 15 is 0 Å². The van der Waals surface area contributed by atoms with E-state index < -0.39 is 15.7 Å². The summed E-state index contributed by atoms with van der Waals surface area (Å²) in [6.07, 6.45) is 3.85. The molecular formula is C17H18N2O4S. The molecule has 0 atom stereocenters. The summed E-state index contributed by atoms with van der Waals surface area (Å²) < 4.78 is 22.8. The van der Waals surface area contributed by atoms with Gasteiger partial charge in [-0.1, -0.05) is 12.1 Å². The highest BCUT2D eigenvalue weighted by Gasteiger charge is 2.17. The van der Waals surface area contributed by atoms with E-state index in [9.17, 15) is 18.0 Å². The van der Waals surface area contributed by atoms with Crippen molar-refractivity contribution >= 4 is 15.7 Å². The molecule has 0 saturated carbocycles. The molecular weight excluding hydrogens is 328 g/mol. The maximum absolute atomic E-state index is 12.2.